The molecule has 5 heteroatoms. The molecule has 1 aromatic carbocycles. The summed E-state index contributed by atoms with van der Waals surface area (Å²) in [6.07, 6.45) is 4.76. The summed E-state index contributed by atoms with van der Waals surface area (Å²) in [5.74, 6) is 1.02. The predicted octanol–water partition coefficient (Wildman–Crippen LogP) is 2.09. The summed E-state index contributed by atoms with van der Waals surface area (Å²) in [7, 11) is 0. The Morgan fingerprint density at radius 3 is 3.11 bits per heavy atom. The van der Waals surface area contributed by atoms with Gasteiger partial charge in [-0.05, 0) is 17.7 Å². The van der Waals surface area contributed by atoms with Gasteiger partial charge < -0.3 is 10.5 Å². The monoisotopic (exact) mass is 307 g/mol. The number of halogens is 1. The van der Waals surface area contributed by atoms with Gasteiger partial charge in [-0.1, -0.05) is 15.9 Å². The van der Waals surface area contributed by atoms with E-state index >= 15 is 0 Å². The molecular formula is C13H14BrN3O. The van der Waals surface area contributed by atoms with Crippen LogP contribution in [0.3, 0.4) is 0 Å². The molecule has 4 nitrogen and oxygen atoms in total. The van der Waals surface area contributed by atoms with E-state index in [2.05, 4.69) is 33.2 Å². The van der Waals surface area contributed by atoms with E-state index < -0.39 is 0 Å². The third-order valence-corrected chi connectivity index (χ3v) is 3.54. The summed E-state index contributed by atoms with van der Waals surface area (Å²) >= 11 is 3.54. The molecule has 0 spiro atoms. The number of rotatable bonds is 3. The van der Waals surface area contributed by atoms with Gasteiger partial charge in [0.25, 0.3) is 0 Å². The number of ether oxygens (including phenoxy) is 1. The number of nitrogens with zero attached hydrogens (tertiary/aromatic N) is 2. The number of benzene rings is 1. The fraction of sp³-hybridized carbons (Fsp3) is 0.308. The Morgan fingerprint density at radius 1 is 1.44 bits per heavy atom. The van der Waals surface area contributed by atoms with Crippen molar-refractivity contribution in [1.29, 1.82) is 0 Å². The molecule has 0 unspecified atom stereocenters. The summed E-state index contributed by atoms with van der Waals surface area (Å²) in [5, 5.41) is 4.30. The van der Waals surface area contributed by atoms with Crippen LogP contribution in [0.4, 0.5) is 0 Å². The first kappa shape index (κ1) is 11.7. The Morgan fingerprint density at radius 2 is 2.33 bits per heavy atom. The zero-order valence-electron chi connectivity index (χ0n) is 9.90. The van der Waals surface area contributed by atoms with Gasteiger partial charge in [0.1, 0.15) is 5.75 Å². The van der Waals surface area contributed by atoms with Crippen molar-refractivity contribution in [3.8, 4) is 5.75 Å². The minimum atomic E-state index is 0.521. The molecule has 0 amide bonds. The molecule has 0 aliphatic carbocycles. The predicted molar refractivity (Wildman–Crippen MR) is 72.6 cm³/mol. The van der Waals surface area contributed by atoms with E-state index in [1.54, 1.807) is 6.20 Å². The highest BCUT2D eigenvalue weighted by Crippen LogP contribution is 2.33. The van der Waals surface area contributed by atoms with Crippen LogP contribution in [0.1, 0.15) is 16.7 Å². The van der Waals surface area contributed by atoms with Crippen molar-refractivity contribution in [3.05, 3.63) is 45.7 Å². The first-order chi connectivity index (χ1) is 8.76. The average Bonchev–Trinajstić information content (AvgIpc) is 2.97. The van der Waals surface area contributed by atoms with Gasteiger partial charge in [0.15, 0.2) is 0 Å². The second kappa shape index (κ2) is 4.74. The molecule has 0 radical (unpaired) electrons. The molecule has 1 aliphatic heterocycles. The number of hydrogen-bond donors (Lipinski definition) is 1. The van der Waals surface area contributed by atoms with Crippen LogP contribution in [0.15, 0.2) is 29.0 Å². The number of nitrogens with two attached hydrogens (primary N) is 1. The molecule has 18 heavy (non-hydrogen) atoms. The number of aromatic nitrogens is 2. The second-order valence-corrected chi connectivity index (χ2v) is 5.32. The fourth-order valence-electron chi connectivity index (χ4n) is 2.24. The van der Waals surface area contributed by atoms with Crippen LogP contribution in [-0.2, 0) is 19.5 Å². The fourth-order valence-corrected chi connectivity index (χ4v) is 2.79. The van der Waals surface area contributed by atoms with E-state index in [1.165, 1.54) is 5.56 Å². The molecule has 2 N–H and O–H groups in total. The van der Waals surface area contributed by atoms with Crippen LogP contribution in [-0.4, -0.2) is 16.4 Å². The summed E-state index contributed by atoms with van der Waals surface area (Å²) in [5.41, 5.74) is 9.05. The maximum atomic E-state index is 5.70. The normalized spacial score (nSPS) is 13.4. The number of fused-ring (bicyclic) bond motifs is 1. The topological polar surface area (TPSA) is 53.1 Å². The lowest BCUT2D eigenvalue weighted by Gasteiger charge is -2.09. The van der Waals surface area contributed by atoms with Crippen molar-refractivity contribution in [3.63, 3.8) is 0 Å². The van der Waals surface area contributed by atoms with Gasteiger partial charge in [-0.15, -0.1) is 0 Å². The summed E-state index contributed by atoms with van der Waals surface area (Å²) < 4.78 is 8.69. The second-order valence-electron chi connectivity index (χ2n) is 4.40. The van der Waals surface area contributed by atoms with Gasteiger partial charge in [0.05, 0.1) is 19.3 Å². The van der Waals surface area contributed by atoms with Gasteiger partial charge >= 0.3 is 0 Å². The maximum absolute atomic E-state index is 5.70. The van der Waals surface area contributed by atoms with Gasteiger partial charge in [-0.3, -0.25) is 4.68 Å². The van der Waals surface area contributed by atoms with E-state index in [0.29, 0.717) is 13.1 Å². The third kappa shape index (κ3) is 2.15. The minimum absolute atomic E-state index is 0.521. The van der Waals surface area contributed by atoms with Crippen molar-refractivity contribution in [1.82, 2.24) is 9.78 Å². The van der Waals surface area contributed by atoms with Crippen molar-refractivity contribution >= 4 is 15.9 Å². The molecule has 94 valence electrons. The van der Waals surface area contributed by atoms with E-state index in [0.717, 1.165) is 34.4 Å². The molecule has 0 saturated carbocycles. The van der Waals surface area contributed by atoms with Crippen molar-refractivity contribution < 1.29 is 4.74 Å². The highest BCUT2D eigenvalue weighted by atomic mass is 79.9. The molecule has 3 rings (SSSR count). The molecule has 0 atom stereocenters. The average molecular weight is 308 g/mol. The molecular weight excluding hydrogens is 294 g/mol. The summed E-state index contributed by atoms with van der Waals surface area (Å²) in [6.45, 7) is 2.00. The first-order valence-electron chi connectivity index (χ1n) is 5.92. The highest BCUT2D eigenvalue weighted by molar-refractivity contribution is 9.10. The smallest absolute Gasteiger partial charge is 0.127 e. The molecule has 0 saturated heterocycles. The lowest BCUT2D eigenvalue weighted by atomic mass is 10.1. The van der Waals surface area contributed by atoms with Crippen molar-refractivity contribution in [2.45, 2.75) is 19.5 Å². The Balaban J connectivity index is 1.92. The Bertz CT molecular complexity index is 580. The van der Waals surface area contributed by atoms with Crippen molar-refractivity contribution in [2.75, 3.05) is 6.61 Å². The quantitative estimate of drug-likeness (QED) is 0.944. The van der Waals surface area contributed by atoms with E-state index in [4.69, 9.17) is 10.5 Å². The maximum Gasteiger partial charge on any atom is 0.127 e. The zero-order valence-corrected chi connectivity index (χ0v) is 11.5. The molecule has 1 aliphatic rings. The van der Waals surface area contributed by atoms with Gasteiger partial charge in [0.2, 0.25) is 0 Å². The lowest BCUT2D eigenvalue weighted by molar-refractivity contribution is 0.352. The third-order valence-electron chi connectivity index (χ3n) is 3.08. The van der Waals surface area contributed by atoms with E-state index in [9.17, 15) is 0 Å². The zero-order chi connectivity index (χ0) is 12.5. The first-order valence-corrected chi connectivity index (χ1v) is 6.71. The standard InChI is InChI=1S/C13H14BrN3O/c14-12-3-10-1-2-18-13(10)11(4-12)8-17-7-9(5-15)6-16-17/h3-4,6-7H,1-2,5,8,15H2. The molecule has 2 aromatic rings. The van der Waals surface area contributed by atoms with Crippen molar-refractivity contribution in [2.24, 2.45) is 5.73 Å². The summed E-state index contributed by atoms with van der Waals surface area (Å²) in [4.78, 5) is 0. The summed E-state index contributed by atoms with van der Waals surface area (Å²) in [6, 6.07) is 4.22. The lowest BCUT2D eigenvalue weighted by Crippen LogP contribution is -2.02. The molecule has 0 bridgehead atoms. The Kier molecular flexibility index (Phi) is 3.09. The van der Waals surface area contributed by atoms with Crippen LogP contribution in [0, 0.1) is 0 Å². The largest absolute Gasteiger partial charge is 0.493 e. The number of hydrogen-bond acceptors (Lipinski definition) is 3. The molecule has 0 fully saturated rings. The van der Waals surface area contributed by atoms with E-state index in [1.807, 2.05) is 10.9 Å². The SMILES string of the molecule is NCc1cnn(Cc2cc(Br)cc3c2OCC3)c1. The highest BCUT2D eigenvalue weighted by Gasteiger charge is 2.17. The van der Waals surface area contributed by atoms with Crippen LogP contribution in [0.25, 0.3) is 0 Å². The van der Waals surface area contributed by atoms with Gasteiger partial charge in [-0.25, -0.2) is 0 Å². The van der Waals surface area contributed by atoms with Crippen LogP contribution >= 0.6 is 15.9 Å². The molecule has 1 aromatic heterocycles. The van der Waals surface area contributed by atoms with Crippen LogP contribution in [0.5, 0.6) is 5.75 Å². The van der Waals surface area contributed by atoms with Gasteiger partial charge in [-0.2, -0.15) is 5.10 Å². The Labute approximate surface area is 114 Å². The van der Waals surface area contributed by atoms with Gasteiger partial charge in [0, 0.05) is 34.8 Å². The van der Waals surface area contributed by atoms with Crippen LogP contribution in [0.2, 0.25) is 0 Å². The molecule has 2 heterocycles. The van der Waals surface area contributed by atoms with E-state index in [-0.39, 0.29) is 0 Å². The van der Waals surface area contributed by atoms with Crippen LogP contribution < -0.4 is 10.5 Å². The Hall–Kier alpha value is -1.33. The minimum Gasteiger partial charge on any atom is -0.493 e.